The fourth-order valence-corrected chi connectivity index (χ4v) is 5.50. The maximum atomic E-state index is 14.2. The van der Waals surface area contributed by atoms with Crippen LogP contribution in [0.5, 0.6) is 0 Å². The molecule has 1 saturated heterocycles. The van der Waals surface area contributed by atoms with E-state index in [0.29, 0.717) is 60.6 Å². The first-order valence-corrected chi connectivity index (χ1v) is 12.5. The highest BCUT2D eigenvalue weighted by atomic mass is 19.4. The summed E-state index contributed by atoms with van der Waals surface area (Å²) < 4.78 is 48.9. The quantitative estimate of drug-likeness (QED) is 0.409. The molecule has 0 bridgehead atoms. The standard InChI is InChI=1S/C28H25F3N4O3/c1-16-9-17(25-13-32-15-38-25)11-18(10-16)26-21-3-2-4-22(21)27(37)35(33-26)24-12-19(34-8-7-20(36)14-34)5-6-23(24)28(29,30)31/h5-6,9-13,15,20,36H,2-4,7-8,14H2,1H3/t20-/m0/s1. The number of aliphatic hydroxyl groups is 1. The molecule has 2 aromatic carbocycles. The molecule has 1 aliphatic carbocycles. The topological polar surface area (TPSA) is 84.4 Å². The van der Waals surface area contributed by atoms with Crippen LogP contribution in [0.25, 0.3) is 28.3 Å². The van der Waals surface area contributed by atoms with Gasteiger partial charge in [-0.05, 0) is 80.1 Å². The monoisotopic (exact) mass is 522 g/mol. The van der Waals surface area contributed by atoms with E-state index in [-0.39, 0.29) is 5.69 Å². The van der Waals surface area contributed by atoms with E-state index in [0.717, 1.165) is 33.9 Å². The molecule has 0 radical (unpaired) electrons. The van der Waals surface area contributed by atoms with E-state index in [9.17, 15) is 23.1 Å². The van der Waals surface area contributed by atoms with Crippen molar-refractivity contribution in [1.29, 1.82) is 0 Å². The molecular formula is C28H25F3N4O3. The molecule has 1 aliphatic heterocycles. The molecule has 196 valence electrons. The Labute approximate surface area is 216 Å². The Kier molecular flexibility index (Phi) is 5.86. The zero-order valence-corrected chi connectivity index (χ0v) is 20.6. The average molecular weight is 523 g/mol. The van der Waals surface area contributed by atoms with Crippen molar-refractivity contribution in [2.75, 3.05) is 18.0 Å². The fraction of sp³-hybridized carbons (Fsp3) is 0.321. The molecule has 4 aromatic rings. The molecule has 0 unspecified atom stereocenters. The molecule has 0 spiro atoms. The molecular weight excluding hydrogens is 497 g/mol. The molecule has 6 rings (SSSR count). The van der Waals surface area contributed by atoms with Crippen molar-refractivity contribution >= 4 is 5.69 Å². The minimum atomic E-state index is -4.69. The summed E-state index contributed by atoms with van der Waals surface area (Å²) in [6.07, 6.45) is 0.0303. The molecule has 38 heavy (non-hydrogen) atoms. The van der Waals surface area contributed by atoms with E-state index in [1.165, 1.54) is 18.5 Å². The first-order chi connectivity index (χ1) is 18.2. The van der Waals surface area contributed by atoms with Crippen molar-refractivity contribution < 1.29 is 22.7 Å². The van der Waals surface area contributed by atoms with Crippen LogP contribution in [-0.4, -0.2) is 39.1 Å². The maximum absolute atomic E-state index is 14.2. The Balaban J connectivity index is 1.57. The zero-order chi connectivity index (χ0) is 26.6. The third-order valence-electron chi connectivity index (χ3n) is 7.27. The number of oxazole rings is 1. The van der Waals surface area contributed by atoms with Gasteiger partial charge < -0.3 is 14.4 Å². The third kappa shape index (κ3) is 4.28. The van der Waals surface area contributed by atoms with Gasteiger partial charge in [0.1, 0.15) is 0 Å². The highest BCUT2D eigenvalue weighted by Gasteiger charge is 2.36. The molecule has 1 atom stereocenters. The molecule has 2 aromatic heterocycles. The lowest BCUT2D eigenvalue weighted by atomic mass is 9.99. The summed E-state index contributed by atoms with van der Waals surface area (Å²) in [5.41, 5.74) is 2.82. The molecule has 2 aliphatic rings. The van der Waals surface area contributed by atoms with Crippen molar-refractivity contribution in [2.45, 2.75) is 44.9 Å². The Morgan fingerprint density at radius 3 is 2.58 bits per heavy atom. The zero-order valence-electron chi connectivity index (χ0n) is 20.6. The Morgan fingerprint density at radius 2 is 1.87 bits per heavy atom. The summed E-state index contributed by atoms with van der Waals surface area (Å²) >= 11 is 0. The highest BCUT2D eigenvalue weighted by Crippen LogP contribution is 2.38. The van der Waals surface area contributed by atoms with E-state index in [4.69, 9.17) is 4.42 Å². The minimum absolute atomic E-state index is 0.316. The third-order valence-corrected chi connectivity index (χ3v) is 7.27. The van der Waals surface area contributed by atoms with Gasteiger partial charge in [0.2, 0.25) is 0 Å². The van der Waals surface area contributed by atoms with E-state index in [1.807, 2.05) is 30.0 Å². The Bertz CT molecular complexity index is 1580. The van der Waals surface area contributed by atoms with Gasteiger partial charge in [0.15, 0.2) is 12.2 Å². The number of halogens is 3. The predicted molar refractivity (Wildman–Crippen MR) is 135 cm³/mol. The van der Waals surface area contributed by atoms with Crippen molar-refractivity contribution in [3.05, 3.63) is 81.6 Å². The smallest absolute Gasteiger partial charge is 0.418 e. The van der Waals surface area contributed by atoms with Crippen LogP contribution in [0.3, 0.4) is 0 Å². The molecule has 0 amide bonds. The van der Waals surface area contributed by atoms with E-state index >= 15 is 0 Å². The van der Waals surface area contributed by atoms with Crippen LogP contribution in [0.2, 0.25) is 0 Å². The number of anilines is 1. The molecule has 1 fully saturated rings. The number of hydrogen-bond donors (Lipinski definition) is 1. The number of aliphatic hydroxyl groups excluding tert-OH is 1. The lowest BCUT2D eigenvalue weighted by Gasteiger charge is -2.22. The van der Waals surface area contributed by atoms with E-state index in [1.54, 1.807) is 6.20 Å². The number of aromatic nitrogens is 3. The molecule has 0 saturated carbocycles. The van der Waals surface area contributed by atoms with E-state index < -0.39 is 23.4 Å². The van der Waals surface area contributed by atoms with Crippen molar-refractivity contribution in [3.8, 4) is 28.3 Å². The number of rotatable bonds is 4. The Hall–Kier alpha value is -3.92. The fourth-order valence-electron chi connectivity index (χ4n) is 5.50. The van der Waals surface area contributed by atoms with Gasteiger partial charge in [-0.25, -0.2) is 4.98 Å². The first-order valence-electron chi connectivity index (χ1n) is 12.5. The first kappa shape index (κ1) is 24.4. The summed E-state index contributed by atoms with van der Waals surface area (Å²) in [5.74, 6) is 0.555. The maximum Gasteiger partial charge on any atom is 0.418 e. The number of benzene rings is 2. The van der Waals surface area contributed by atoms with Gasteiger partial charge in [-0.2, -0.15) is 23.0 Å². The van der Waals surface area contributed by atoms with E-state index in [2.05, 4.69) is 10.1 Å². The number of fused-ring (bicyclic) bond motifs is 1. The summed E-state index contributed by atoms with van der Waals surface area (Å²) in [4.78, 5) is 19.4. The van der Waals surface area contributed by atoms with Crippen LogP contribution >= 0.6 is 0 Å². The van der Waals surface area contributed by atoms with Crippen molar-refractivity contribution in [1.82, 2.24) is 14.8 Å². The SMILES string of the molecule is Cc1cc(-c2cnco2)cc(-c2nn(-c3cc(N4CC[C@H](O)C4)ccc3C(F)(F)F)c(=O)c3c2CCC3)c1. The summed E-state index contributed by atoms with van der Waals surface area (Å²) in [7, 11) is 0. The average Bonchev–Trinajstić information content (AvgIpc) is 3.65. The predicted octanol–water partition coefficient (Wildman–Crippen LogP) is 4.94. The lowest BCUT2D eigenvalue weighted by molar-refractivity contribution is -0.137. The van der Waals surface area contributed by atoms with Gasteiger partial charge in [0.05, 0.1) is 29.2 Å². The summed E-state index contributed by atoms with van der Waals surface area (Å²) in [5, 5.41) is 14.6. The minimum Gasteiger partial charge on any atom is -0.444 e. The van der Waals surface area contributed by atoms with Gasteiger partial charge in [-0.1, -0.05) is 0 Å². The summed E-state index contributed by atoms with van der Waals surface area (Å²) in [6, 6.07) is 9.42. The second-order valence-corrected chi connectivity index (χ2v) is 9.92. The largest absolute Gasteiger partial charge is 0.444 e. The lowest BCUT2D eigenvalue weighted by Crippen LogP contribution is -2.29. The van der Waals surface area contributed by atoms with Crippen LogP contribution in [0.15, 0.2) is 58.2 Å². The van der Waals surface area contributed by atoms with Gasteiger partial charge in [-0.15, -0.1) is 0 Å². The Morgan fingerprint density at radius 1 is 1.08 bits per heavy atom. The van der Waals surface area contributed by atoms with Crippen LogP contribution in [0, 0.1) is 6.92 Å². The van der Waals surface area contributed by atoms with Crippen LogP contribution < -0.4 is 10.5 Å². The molecule has 10 heteroatoms. The number of hydrogen-bond acceptors (Lipinski definition) is 6. The van der Waals surface area contributed by atoms with Crippen LogP contribution in [0.4, 0.5) is 18.9 Å². The van der Waals surface area contributed by atoms with Gasteiger partial charge >= 0.3 is 6.18 Å². The number of β-amino-alcohol motifs (C(OH)–C–C–N with tert-alkyl or cyclic N) is 1. The van der Waals surface area contributed by atoms with Crippen molar-refractivity contribution in [2.24, 2.45) is 0 Å². The summed E-state index contributed by atoms with van der Waals surface area (Å²) in [6.45, 7) is 2.74. The van der Waals surface area contributed by atoms with Gasteiger partial charge in [0, 0.05) is 35.5 Å². The number of alkyl halides is 3. The molecule has 3 heterocycles. The second kappa shape index (κ2) is 9.13. The number of aryl methyl sites for hydroxylation is 1. The molecule has 7 nitrogen and oxygen atoms in total. The van der Waals surface area contributed by atoms with Crippen molar-refractivity contribution in [3.63, 3.8) is 0 Å². The van der Waals surface area contributed by atoms with Crippen LogP contribution in [0.1, 0.15) is 35.1 Å². The molecule has 1 N–H and O–H groups in total. The van der Waals surface area contributed by atoms with Gasteiger partial charge in [-0.3, -0.25) is 4.79 Å². The van der Waals surface area contributed by atoms with Gasteiger partial charge in [0.25, 0.3) is 5.56 Å². The van der Waals surface area contributed by atoms with Crippen LogP contribution in [-0.2, 0) is 19.0 Å². The highest BCUT2D eigenvalue weighted by molar-refractivity contribution is 5.72. The normalized spacial score (nSPS) is 17.3. The second-order valence-electron chi connectivity index (χ2n) is 9.92. The number of nitrogens with zero attached hydrogens (tertiary/aromatic N) is 4.